The van der Waals surface area contributed by atoms with Crippen molar-refractivity contribution in [3.63, 3.8) is 0 Å². The second-order valence-electron chi connectivity index (χ2n) is 6.27. The highest BCUT2D eigenvalue weighted by Crippen LogP contribution is 2.37. The van der Waals surface area contributed by atoms with Crippen LogP contribution in [-0.4, -0.2) is 28.8 Å². The molecule has 1 heterocycles. The van der Waals surface area contributed by atoms with E-state index in [4.69, 9.17) is 4.42 Å². The second kappa shape index (κ2) is 5.61. The first-order valence-electron chi connectivity index (χ1n) is 7.56. The molecule has 1 aromatic heterocycles. The summed E-state index contributed by atoms with van der Waals surface area (Å²) in [4.78, 5) is 16.4. The van der Waals surface area contributed by atoms with Gasteiger partial charge in [0.2, 0.25) is 0 Å². The van der Waals surface area contributed by atoms with Gasteiger partial charge >= 0.3 is 6.03 Å². The summed E-state index contributed by atoms with van der Waals surface area (Å²) >= 11 is 0. The number of aliphatic hydroxyl groups is 1. The lowest BCUT2D eigenvalue weighted by Crippen LogP contribution is -2.46. The van der Waals surface area contributed by atoms with E-state index in [1.807, 2.05) is 13.0 Å². The predicted molar refractivity (Wildman–Crippen MR) is 83.7 cm³/mol. The monoisotopic (exact) mass is 303 g/mol. The number of hydrogen-bond donors (Lipinski definition) is 3. The van der Waals surface area contributed by atoms with Crippen molar-refractivity contribution in [1.82, 2.24) is 10.3 Å². The maximum Gasteiger partial charge on any atom is 0.319 e. The Kier molecular flexibility index (Phi) is 3.78. The Bertz CT molecular complexity index is 697. The molecule has 0 aliphatic heterocycles. The number of carbonyl (C=O) groups excluding carboxylic acids is 1. The summed E-state index contributed by atoms with van der Waals surface area (Å²) in [6.45, 7) is 3.88. The van der Waals surface area contributed by atoms with Crippen molar-refractivity contribution in [1.29, 1.82) is 0 Å². The van der Waals surface area contributed by atoms with Crippen LogP contribution in [0.15, 0.2) is 22.6 Å². The summed E-state index contributed by atoms with van der Waals surface area (Å²) in [7, 11) is 0. The number of anilines is 1. The summed E-state index contributed by atoms with van der Waals surface area (Å²) in [6.07, 6.45) is 2.84. The van der Waals surface area contributed by atoms with Crippen LogP contribution in [0.3, 0.4) is 0 Å². The predicted octanol–water partition coefficient (Wildman–Crippen LogP) is 2.81. The van der Waals surface area contributed by atoms with Crippen molar-refractivity contribution >= 4 is 22.8 Å². The van der Waals surface area contributed by atoms with E-state index in [1.165, 1.54) is 0 Å². The number of aryl methyl sites for hydroxylation is 1. The quantitative estimate of drug-likeness (QED) is 0.813. The topological polar surface area (TPSA) is 87.4 Å². The molecule has 0 spiro atoms. The highest BCUT2D eigenvalue weighted by molar-refractivity contribution is 5.91. The zero-order valence-corrected chi connectivity index (χ0v) is 12.8. The van der Waals surface area contributed by atoms with E-state index < -0.39 is 0 Å². The average Bonchev–Trinajstić information content (AvgIpc) is 3.01. The van der Waals surface area contributed by atoms with Crippen molar-refractivity contribution in [3.05, 3.63) is 24.1 Å². The zero-order chi connectivity index (χ0) is 15.7. The molecule has 1 saturated carbocycles. The molecule has 0 radical (unpaired) electrons. The lowest BCUT2D eigenvalue weighted by atomic mass is 9.86. The molecule has 2 aromatic rings. The minimum atomic E-state index is -0.262. The van der Waals surface area contributed by atoms with Crippen LogP contribution in [0.2, 0.25) is 0 Å². The van der Waals surface area contributed by atoms with Crippen molar-refractivity contribution < 1.29 is 14.3 Å². The fraction of sp³-hybridized carbons (Fsp3) is 0.500. The first kappa shape index (κ1) is 14.8. The molecule has 6 heteroatoms. The van der Waals surface area contributed by atoms with Crippen LogP contribution in [0.4, 0.5) is 10.5 Å². The molecular formula is C16H21N3O3. The lowest BCUT2D eigenvalue weighted by Gasteiger charge is -2.30. The summed E-state index contributed by atoms with van der Waals surface area (Å²) in [5.74, 6) is 0.598. The average molecular weight is 303 g/mol. The highest BCUT2D eigenvalue weighted by Gasteiger charge is 2.39. The first-order valence-corrected chi connectivity index (χ1v) is 7.56. The van der Waals surface area contributed by atoms with Gasteiger partial charge in [0, 0.05) is 30.1 Å². The summed E-state index contributed by atoms with van der Waals surface area (Å²) < 4.78 is 5.46. The van der Waals surface area contributed by atoms with Gasteiger partial charge < -0.3 is 20.2 Å². The number of hydrogen-bond acceptors (Lipinski definition) is 4. The SMILES string of the molecule is Cc1nc2ccc(NC(=O)NC3CCCC3(C)CO)cc2o1. The number of rotatable bonds is 3. The number of oxazole rings is 1. The van der Waals surface area contributed by atoms with E-state index in [9.17, 15) is 9.90 Å². The molecule has 2 amide bonds. The van der Waals surface area contributed by atoms with Gasteiger partial charge in [-0.15, -0.1) is 0 Å². The van der Waals surface area contributed by atoms with Crippen LogP contribution in [0, 0.1) is 12.3 Å². The van der Waals surface area contributed by atoms with Gasteiger partial charge in [0.1, 0.15) is 5.52 Å². The zero-order valence-electron chi connectivity index (χ0n) is 12.8. The molecule has 3 rings (SSSR count). The fourth-order valence-electron chi connectivity index (χ4n) is 3.11. The lowest BCUT2D eigenvalue weighted by molar-refractivity contribution is 0.122. The third-order valence-corrected chi connectivity index (χ3v) is 4.50. The molecule has 22 heavy (non-hydrogen) atoms. The Morgan fingerprint density at radius 1 is 1.55 bits per heavy atom. The molecule has 118 valence electrons. The van der Waals surface area contributed by atoms with Crippen LogP contribution >= 0.6 is 0 Å². The van der Waals surface area contributed by atoms with Gasteiger partial charge in [-0.3, -0.25) is 0 Å². The number of nitrogens with one attached hydrogen (secondary N) is 2. The summed E-state index contributed by atoms with van der Waals surface area (Å²) in [6, 6.07) is 5.10. The van der Waals surface area contributed by atoms with Gasteiger partial charge in [0.15, 0.2) is 11.5 Å². The first-order chi connectivity index (χ1) is 10.5. The van der Waals surface area contributed by atoms with E-state index in [2.05, 4.69) is 15.6 Å². The van der Waals surface area contributed by atoms with E-state index in [0.717, 1.165) is 24.8 Å². The molecular weight excluding hydrogens is 282 g/mol. The highest BCUT2D eigenvalue weighted by atomic mass is 16.3. The van der Waals surface area contributed by atoms with Gasteiger partial charge in [-0.1, -0.05) is 13.3 Å². The molecule has 1 aliphatic rings. The third-order valence-electron chi connectivity index (χ3n) is 4.50. The number of nitrogens with zero attached hydrogens (tertiary/aromatic N) is 1. The van der Waals surface area contributed by atoms with Gasteiger partial charge in [0.05, 0.1) is 6.61 Å². The Morgan fingerprint density at radius 2 is 2.36 bits per heavy atom. The van der Waals surface area contributed by atoms with Crippen molar-refractivity contribution in [2.45, 2.75) is 39.2 Å². The van der Waals surface area contributed by atoms with E-state index in [-0.39, 0.29) is 24.1 Å². The minimum absolute atomic E-state index is 0.00578. The molecule has 0 saturated heterocycles. The maximum atomic E-state index is 12.2. The minimum Gasteiger partial charge on any atom is -0.441 e. The number of amides is 2. The van der Waals surface area contributed by atoms with Gasteiger partial charge in [-0.05, 0) is 25.0 Å². The molecule has 6 nitrogen and oxygen atoms in total. The van der Waals surface area contributed by atoms with Gasteiger partial charge in [0.25, 0.3) is 0 Å². The number of aromatic nitrogens is 1. The van der Waals surface area contributed by atoms with Gasteiger partial charge in [-0.25, -0.2) is 9.78 Å². The van der Waals surface area contributed by atoms with E-state index >= 15 is 0 Å². The Hall–Kier alpha value is -2.08. The normalized spacial score (nSPS) is 24.6. The standard InChI is InChI=1S/C16H21N3O3/c1-10-17-12-6-5-11(8-13(12)22-10)18-15(21)19-14-4-3-7-16(14,2)9-20/h5-6,8,14,20H,3-4,7,9H2,1-2H3,(H2,18,19,21). The van der Waals surface area contributed by atoms with E-state index in [0.29, 0.717) is 17.2 Å². The Morgan fingerprint density at radius 3 is 3.14 bits per heavy atom. The third kappa shape index (κ3) is 2.78. The molecule has 1 aliphatic carbocycles. The van der Waals surface area contributed by atoms with Crippen LogP contribution in [0.5, 0.6) is 0 Å². The van der Waals surface area contributed by atoms with E-state index in [1.54, 1.807) is 19.1 Å². The second-order valence-corrected chi connectivity index (χ2v) is 6.27. The smallest absolute Gasteiger partial charge is 0.319 e. The number of benzene rings is 1. The number of fused-ring (bicyclic) bond motifs is 1. The van der Waals surface area contributed by atoms with Crippen LogP contribution in [-0.2, 0) is 0 Å². The Labute approximate surface area is 128 Å². The van der Waals surface area contributed by atoms with Crippen LogP contribution in [0.1, 0.15) is 32.1 Å². The molecule has 1 fully saturated rings. The maximum absolute atomic E-state index is 12.2. The number of aliphatic hydroxyl groups excluding tert-OH is 1. The van der Waals surface area contributed by atoms with Crippen molar-refractivity contribution in [2.75, 3.05) is 11.9 Å². The molecule has 2 unspecified atom stereocenters. The summed E-state index contributed by atoms with van der Waals surface area (Å²) in [5, 5.41) is 15.3. The van der Waals surface area contributed by atoms with Crippen molar-refractivity contribution in [3.8, 4) is 0 Å². The largest absolute Gasteiger partial charge is 0.441 e. The van der Waals surface area contributed by atoms with Crippen molar-refractivity contribution in [2.24, 2.45) is 5.41 Å². The fourth-order valence-corrected chi connectivity index (χ4v) is 3.11. The number of urea groups is 1. The molecule has 0 bridgehead atoms. The molecule has 2 atom stereocenters. The molecule has 3 N–H and O–H groups in total. The Balaban J connectivity index is 1.67. The van der Waals surface area contributed by atoms with Gasteiger partial charge in [-0.2, -0.15) is 0 Å². The number of carbonyl (C=O) groups is 1. The molecule has 1 aromatic carbocycles. The van der Waals surface area contributed by atoms with Crippen LogP contribution < -0.4 is 10.6 Å². The summed E-state index contributed by atoms with van der Waals surface area (Å²) in [5.41, 5.74) is 1.84. The van der Waals surface area contributed by atoms with Crippen LogP contribution in [0.25, 0.3) is 11.1 Å².